The van der Waals surface area contributed by atoms with Crippen molar-refractivity contribution < 1.29 is 32.7 Å². The van der Waals surface area contributed by atoms with Gasteiger partial charge in [-0.3, -0.25) is 4.79 Å². The number of phenols is 2. The number of aromatic hydroxyl groups is 3. The van der Waals surface area contributed by atoms with Gasteiger partial charge in [-0.2, -0.15) is 0 Å². The Kier molecular flexibility index (Phi) is 5.07. The number of fused-ring (bicyclic) bond motifs is 1. The van der Waals surface area contributed by atoms with E-state index < -0.39 is 39.5 Å². The highest BCUT2D eigenvalue weighted by Gasteiger charge is 2.17. The fourth-order valence-corrected chi connectivity index (χ4v) is 3.73. The van der Waals surface area contributed by atoms with Crippen molar-refractivity contribution in [3.63, 3.8) is 0 Å². The van der Waals surface area contributed by atoms with Gasteiger partial charge in [0.05, 0.1) is 10.3 Å². The maximum atomic E-state index is 13.4. The van der Waals surface area contributed by atoms with Crippen LogP contribution in [0.15, 0.2) is 68.7 Å². The van der Waals surface area contributed by atoms with Crippen LogP contribution in [0.3, 0.4) is 0 Å². The van der Waals surface area contributed by atoms with Gasteiger partial charge < -0.3 is 24.5 Å². The van der Waals surface area contributed by atoms with Gasteiger partial charge >= 0.3 is 0 Å². The Morgan fingerprint density at radius 2 is 1.65 bits per heavy atom. The molecule has 0 amide bonds. The Morgan fingerprint density at radius 1 is 0.871 bits per heavy atom. The van der Waals surface area contributed by atoms with E-state index in [0.717, 1.165) is 24.3 Å². The second-order valence-corrected chi connectivity index (χ2v) is 7.68. The van der Waals surface area contributed by atoms with Gasteiger partial charge in [-0.05, 0) is 54.6 Å². The molecule has 0 saturated heterocycles. The summed E-state index contributed by atoms with van der Waals surface area (Å²) in [6, 6.07) is 10.6. The molecule has 3 aromatic carbocycles. The van der Waals surface area contributed by atoms with Crippen LogP contribution in [0.4, 0.5) is 14.5 Å². The number of hydrogen-bond acceptors (Lipinski definition) is 6. The molecule has 0 fully saturated rings. The summed E-state index contributed by atoms with van der Waals surface area (Å²) in [5.74, 6) is -3.99. The van der Waals surface area contributed by atoms with Gasteiger partial charge in [0.25, 0.3) is 0 Å². The van der Waals surface area contributed by atoms with E-state index in [1.807, 2.05) is 0 Å². The zero-order valence-electron chi connectivity index (χ0n) is 15.4. The summed E-state index contributed by atoms with van der Waals surface area (Å²) >= 11 is 0. The minimum atomic E-state index is -1.95. The zero-order valence-corrected chi connectivity index (χ0v) is 16.2. The molecule has 0 saturated carbocycles. The van der Waals surface area contributed by atoms with Crippen LogP contribution in [0.25, 0.3) is 22.3 Å². The van der Waals surface area contributed by atoms with Crippen molar-refractivity contribution in [2.24, 2.45) is 0 Å². The van der Waals surface area contributed by atoms with Crippen LogP contribution in [0.5, 0.6) is 17.2 Å². The SMILES string of the molecule is O=c1c(O)c(-c2ccc(O)c(O)c2)oc2ccc(NS(=O)c3ccc(F)c(F)c3)cc12. The van der Waals surface area contributed by atoms with E-state index >= 15 is 0 Å². The van der Waals surface area contributed by atoms with Crippen molar-refractivity contribution in [3.8, 4) is 28.6 Å². The van der Waals surface area contributed by atoms with Gasteiger partial charge in [0.15, 0.2) is 28.9 Å². The van der Waals surface area contributed by atoms with Crippen molar-refractivity contribution in [1.82, 2.24) is 0 Å². The molecule has 1 atom stereocenters. The average molecular weight is 445 g/mol. The summed E-state index contributed by atoms with van der Waals surface area (Å²) in [6.45, 7) is 0. The average Bonchev–Trinajstić information content (AvgIpc) is 2.75. The highest BCUT2D eigenvalue weighted by Crippen LogP contribution is 2.35. The first-order valence-corrected chi connectivity index (χ1v) is 9.85. The summed E-state index contributed by atoms with van der Waals surface area (Å²) in [5.41, 5.74) is -0.327. The van der Waals surface area contributed by atoms with Crippen LogP contribution >= 0.6 is 0 Å². The third-order valence-corrected chi connectivity index (χ3v) is 5.52. The fourth-order valence-electron chi connectivity index (χ4n) is 2.87. The molecule has 158 valence electrons. The van der Waals surface area contributed by atoms with Crippen molar-refractivity contribution >= 4 is 27.6 Å². The first-order chi connectivity index (χ1) is 14.7. The molecule has 0 spiro atoms. The predicted molar refractivity (Wildman–Crippen MR) is 109 cm³/mol. The van der Waals surface area contributed by atoms with Crippen LogP contribution in [-0.4, -0.2) is 19.5 Å². The van der Waals surface area contributed by atoms with Gasteiger partial charge in [-0.25, -0.2) is 13.0 Å². The van der Waals surface area contributed by atoms with E-state index in [4.69, 9.17) is 4.42 Å². The maximum Gasteiger partial charge on any atom is 0.235 e. The molecule has 10 heteroatoms. The summed E-state index contributed by atoms with van der Waals surface area (Å²) in [6.07, 6.45) is 0. The lowest BCUT2D eigenvalue weighted by Gasteiger charge is -2.10. The predicted octanol–water partition coefficient (Wildman–Crippen LogP) is 3.99. The molecule has 4 rings (SSSR count). The Hall–Kier alpha value is -3.92. The molecule has 4 aromatic rings. The molecule has 0 aliphatic carbocycles. The van der Waals surface area contributed by atoms with Gasteiger partial charge in [0.1, 0.15) is 16.6 Å². The number of benzene rings is 3. The largest absolute Gasteiger partial charge is 0.504 e. The standard InChI is InChI=1S/C21H13F2NO6S/c22-14-4-3-12(9-15(14)23)31(29)24-11-2-6-18-13(8-11)19(27)20(28)21(30-18)10-1-5-16(25)17(26)7-10/h1-9,24-26,28H. The quantitative estimate of drug-likeness (QED) is 0.353. The molecule has 1 heterocycles. The van der Waals surface area contributed by atoms with Gasteiger partial charge in [0.2, 0.25) is 11.2 Å². The van der Waals surface area contributed by atoms with Crippen LogP contribution in [-0.2, 0) is 11.0 Å². The van der Waals surface area contributed by atoms with Crippen LogP contribution in [0.1, 0.15) is 0 Å². The highest BCUT2D eigenvalue weighted by atomic mass is 32.2. The third-order valence-electron chi connectivity index (χ3n) is 4.42. The molecular weight excluding hydrogens is 432 g/mol. The van der Waals surface area contributed by atoms with Crippen molar-refractivity contribution in [2.45, 2.75) is 4.90 Å². The van der Waals surface area contributed by atoms with Gasteiger partial charge in [-0.15, -0.1) is 0 Å². The van der Waals surface area contributed by atoms with Crippen LogP contribution < -0.4 is 10.2 Å². The number of hydrogen-bond donors (Lipinski definition) is 4. The molecular formula is C21H13F2NO6S. The normalized spacial score (nSPS) is 12.1. The van der Waals surface area contributed by atoms with E-state index in [1.54, 1.807) is 0 Å². The number of rotatable bonds is 4. The summed E-state index contributed by atoms with van der Waals surface area (Å²) < 4.78 is 46.9. The third kappa shape index (κ3) is 3.80. The van der Waals surface area contributed by atoms with E-state index in [2.05, 4.69) is 4.72 Å². The molecule has 1 aromatic heterocycles. The Morgan fingerprint density at radius 3 is 2.35 bits per heavy atom. The van der Waals surface area contributed by atoms with Crippen molar-refractivity contribution in [2.75, 3.05) is 4.72 Å². The first kappa shape index (κ1) is 20.4. The lowest BCUT2D eigenvalue weighted by atomic mass is 10.1. The second kappa shape index (κ2) is 7.73. The monoisotopic (exact) mass is 445 g/mol. The van der Waals surface area contributed by atoms with Crippen LogP contribution in [0, 0.1) is 11.6 Å². The van der Waals surface area contributed by atoms with E-state index in [1.165, 1.54) is 30.3 Å². The topological polar surface area (TPSA) is 120 Å². The molecule has 0 aliphatic heterocycles. The Balaban J connectivity index is 1.72. The number of halogens is 2. The lowest BCUT2D eigenvalue weighted by molar-refractivity contribution is 0.403. The molecule has 4 N–H and O–H groups in total. The van der Waals surface area contributed by atoms with Crippen molar-refractivity contribution in [1.29, 1.82) is 0 Å². The van der Waals surface area contributed by atoms with E-state index in [-0.39, 0.29) is 38.6 Å². The maximum absolute atomic E-state index is 13.4. The molecule has 7 nitrogen and oxygen atoms in total. The first-order valence-electron chi connectivity index (χ1n) is 8.70. The smallest absolute Gasteiger partial charge is 0.235 e. The zero-order chi connectivity index (χ0) is 22.3. The fraction of sp³-hybridized carbons (Fsp3) is 0. The lowest BCUT2D eigenvalue weighted by Crippen LogP contribution is -2.07. The number of nitrogens with one attached hydrogen (secondary N) is 1. The van der Waals surface area contributed by atoms with E-state index in [0.29, 0.717) is 0 Å². The highest BCUT2D eigenvalue weighted by molar-refractivity contribution is 7.86. The summed E-state index contributed by atoms with van der Waals surface area (Å²) in [5, 5.41) is 29.4. The van der Waals surface area contributed by atoms with Gasteiger partial charge in [-0.1, -0.05) is 0 Å². The molecule has 0 aliphatic rings. The Labute approximate surface area is 175 Å². The van der Waals surface area contributed by atoms with E-state index in [9.17, 15) is 33.1 Å². The molecule has 31 heavy (non-hydrogen) atoms. The second-order valence-electron chi connectivity index (χ2n) is 6.47. The van der Waals surface area contributed by atoms with Gasteiger partial charge in [0, 0.05) is 11.3 Å². The number of phenolic OH excluding ortho intramolecular Hbond substituents is 2. The minimum absolute atomic E-state index is 0.0173. The number of anilines is 1. The summed E-state index contributed by atoms with van der Waals surface area (Å²) in [7, 11) is -1.95. The Bertz CT molecular complexity index is 1420. The van der Waals surface area contributed by atoms with Crippen molar-refractivity contribution in [3.05, 3.63) is 76.5 Å². The summed E-state index contributed by atoms with van der Waals surface area (Å²) in [4.78, 5) is 12.6. The molecule has 0 bridgehead atoms. The minimum Gasteiger partial charge on any atom is -0.504 e. The van der Waals surface area contributed by atoms with Crippen LogP contribution in [0.2, 0.25) is 0 Å². The molecule has 0 radical (unpaired) electrons. The molecule has 1 unspecified atom stereocenters.